The summed E-state index contributed by atoms with van der Waals surface area (Å²) in [6.07, 6.45) is 1.36. The first-order valence-electron chi connectivity index (χ1n) is 4.84. The molecule has 0 atom stereocenters. The van der Waals surface area contributed by atoms with Gasteiger partial charge in [0.2, 0.25) is 0 Å². The number of hydrogen-bond acceptors (Lipinski definition) is 3. The number of hydrogen-bond donors (Lipinski definition) is 0. The molecule has 0 saturated carbocycles. The third-order valence-corrected chi connectivity index (χ3v) is 3.31. The third kappa shape index (κ3) is 2.68. The van der Waals surface area contributed by atoms with Gasteiger partial charge in [-0.15, -0.1) is 0 Å². The monoisotopic (exact) mass is 348 g/mol. The van der Waals surface area contributed by atoms with Crippen LogP contribution in [0.2, 0.25) is 10.0 Å². The van der Waals surface area contributed by atoms with Crippen molar-refractivity contribution in [2.75, 3.05) is 0 Å². The van der Waals surface area contributed by atoms with Crippen molar-refractivity contribution in [1.82, 2.24) is 9.78 Å². The fourth-order valence-electron chi connectivity index (χ4n) is 1.24. The van der Waals surface area contributed by atoms with Crippen molar-refractivity contribution in [2.24, 2.45) is 7.05 Å². The summed E-state index contributed by atoms with van der Waals surface area (Å²) in [5.41, 5.74) is -0.430. The van der Waals surface area contributed by atoms with Gasteiger partial charge in [-0.05, 0) is 18.2 Å². The Labute approximate surface area is 121 Å². The first-order chi connectivity index (χ1) is 8.49. The topological polar surface area (TPSA) is 44.1 Å². The lowest BCUT2D eigenvalue weighted by Crippen LogP contribution is -2.19. The van der Waals surface area contributed by atoms with Gasteiger partial charge in [0.1, 0.15) is 5.75 Å². The molecule has 18 heavy (non-hydrogen) atoms. The van der Waals surface area contributed by atoms with Crippen LogP contribution in [0, 0.1) is 0 Å². The Bertz CT molecular complexity index is 658. The number of aromatic nitrogens is 2. The van der Waals surface area contributed by atoms with E-state index < -0.39 is 5.56 Å². The second-order valence-corrected chi connectivity index (χ2v) is 5.13. The van der Waals surface area contributed by atoms with Crippen molar-refractivity contribution in [1.29, 1.82) is 0 Å². The lowest BCUT2D eigenvalue weighted by Gasteiger charge is -2.09. The Morgan fingerprint density at radius 3 is 2.78 bits per heavy atom. The minimum Gasteiger partial charge on any atom is -0.452 e. The molecule has 1 aromatic heterocycles. The van der Waals surface area contributed by atoms with E-state index in [2.05, 4.69) is 21.0 Å². The number of benzene rings is 1. The highest BCUT2D eigenvalue weighted by Gasteiger charge is 2.11. The minimum absolute atomic E-state index is 0.0384. The molecule has 2 rings (SSSR count). The number of halogens is 3. The number of nitrogens with zero attached hydrogens (tertiary/aromatic N) is 2. The van der Waals surface area contributed by atoms with Crippen molar-refractivity contribution >= 4 is 39.1 Å². The number of rotatable bonds is 2. The van der Waals surface area contributed by atoms with E-state index in [-0.39, 0.29) is 10.8 Å². The second kappa shape index (κ2) is 5.30. The average Bonchev–Trinajstić information content (AvgIpc) is 2.34. The normalized spacial score (nSPS) is 10.4. The molecular formula is C11H7BrCl2N2O2. The Morgan fingerprint density at radius 2 is 2.06 bits per heavy atom. The van der Waals surface area contributed by atoms with Gasteiger partial charge in [-0.3, -0.25) is 4.79 Å². The van der Waals surface area contributed by atoms with E-state index in [1.165, 1.54) is 13.2 Å². The fourth-order valence-corrected chi connectivity index (χ4v) is 1.95. The maximum absolute atomic E-state index is 11.6. The largest absolute Gasteiger partial charge is 0.452 e. The van der Waals surface area contributed by atoms with E-state index in [4.69, 9.17) is 27.9 Å². The van der Waals surface area contributed by atoms with Crippen molar-refractivity contribution in [3.05, 3.63) is 49.3 Å². The molecule has 1 heterocycles. The van der Waals surface area contributed by atoms with Crippen LogP contribution in [0.15, 0.2) is 33.7 Å². The SMILES string of the molecule is Cn1ncc(Oc2cc(Br)ccc2Cl)c(Cl)c1=O. The van der Waals surface area contributed by atoms with Gasteiger partial charge in [-0.2, -0.15) is 5.10 Å². The van der Waals surface area contributed by atoms with Crippen molar-refractivity contribution in [3.8, 4) is 11.5 Å². The second-order valence-electron chi connectivity index (χ2n) is 3.43. The predicted molar refractivity (Wildman–Crippen MR) is 73.7 cm³/mol. The highest BCUT2D eigenvalue weighted by atomic mass is 79.9. The fraction of sp³-hybridized carbons (Fsp3) is 0.0909. The van der Waals surface area contributed by atoms with E-state index >= 15 is 0 Å². The van der Waals surface area contributed by atoms with Gasteiger partial charge in [-0.25, -0.2) is 4.68 Å². The third-order valence-electron chi connectivity index (χ3n) is 2.16. The van der Waals surface area contributed by atoms with E-state index in [0.717, 1.165) is 9.15 Å². The standard InChI is InChI=1S/C11H7BrCl2N2O2/c1-16-11(17)10(14)9(5-15-16)18-8-4-6(12)2-3-7(8)13/h2-5H,1H3. The molecular weight excluding hydrogens is 343 g/mol. The van der Waals surface area contributed by atoms with Gasteiger partial charge in [-0.1, -0.05) is 39.1 Å². The van der Waals surface area contributed by atoms with Gasteiger partial charge in [0.15, 0.2) is 10.8 Å². The van der Waals surface area contributed by atoms with E-state index in [0.29, 0.717) is 10.8 Å². The zero-order valence-corrected chi connectivity index (χ0v) is 12.3. The molecule has 0 amide bonds. The van der Waals surface area contributed by atoms with E-state index in [1.807, 2.05) is 0 Å². The first-order valence-corrected chi connectivity index (χ1v) is 6.38. The van der Waals surface area contributed by atoms with Gasteiger partial charge in [0.05, 0.1) is 11.2 Å². The maximum atomic E-state index is 11.6. The van der Waals surface area contributed by atoms with Crippen LogP contribution >= 0.6 is 39.1 Å². The summed E-state index contributed by atoms with van der Waals surface area (Å²) in [5.74, 6) is 0.558. The maximum Gasteiger partial charge on any atom is 0.289 e. The zero-order chi connectivity index (χ0) is 13.3. The van der Waals surface area contributed by atoms with Crippen LogP contribution in [0.4, 0.5) is 0 Å². The molecule has 0 aliphatic carbocycles. The average molecular weight is 350 g/mol. The van der Waals surface area contributed by atoms with Crippen LogP contribution in [-0.2, 0) is 7.05 Å². The molecule has 4 nitrogen and oxygen atoms in total. The van der Waals surface area contributed by atoms with Crippen LogP contribution in [0.5, 0.6) is 11.5 Å². The summed E-state index contributed by atoms with van der Waals surface area (Å²) < 4.78 is 7.41. The Hall–Kier alpha value is -1.04. The van der Waals surface area contributed by atoms with Crippen LogP contribution in [0.25, 0.3) is 0 Å². The molecule has 1 aromatic carbocycles. The molecule has 2 aromatic rings. The summed E-state index contributed by atoms with van der Waals surface area (Å²) >= 11 is 15.2. The van der Waals surface area contributed by atoms with Gasteiger partial charge < -0.3 is 4.74 Å². The molecule has 0 spiro atoms. The van der Waals surface area contributed by atoms with E-state index in [9.17, 15) is 4.79 Å². The zero-order valence-electron chi connectivity index (χ0n) is 9.15. The van der Waals surface area contributed by atoms with Crippen LogP contribution < -0.4 is 10.3 Å². The summed E-state index contributed by atoms with van der Waals surface area (Å²) in [6.45, 7) is 0. The van der Waals surface area contributed by atoms with Crippen molar-refractivity contribution in [2.45, 2.75) is 0 Å². The van der Waals surface area contributed by atoms with Crippen molar-refractivity contribution in [3.63, 3.8) is 0 Å². The van der Waals surface area contributed by atoms with E-state index in [1.54, 1.807) is 18.2 Å². The number of aryl methyl sites for hydroxylation is 1. The molecule has 0 saturated heterocycles. The highest BCUT2D eigenvalue weighted by molar-refractivity contribution is 9.10. The lowest BCUT2D eigenvalue weighted by molar-refractivity contribution is 0.473. The minimum atomic E-state index is -0.430. The molecule has 0 aliphatic rings. The molecule has 0 aliphatic heterocycles. The molecule has 0 fully saturated rings. The smallest absolute Gasteiger partial charge is 0.289 e. The summed E-state index contributed by atoms with van der Waals surface area (Å²) in [5, 5.41) is 4.20. The van der Waals surface area contributed by atoms with Gasteiger partial charge in [0.25, 0.3) is 5.56 Å². The summed E-state index contributed by atoms with van der Waals surface area (Å²) in [4.78, 5) is 11.6. The molecule has 0 radical (unpaired) electrons. The lowest BCUT2D eigenvalue weighted by atomic mass is 10.3. The van der Waals surface area contributed by atoms with Crippen LogP contribution in [0.1, 0.15) is 0 Å². The van der Waals surface area contributed by atoms with Crippen molar-refractivity contribution < 1.29 is 4.74 Å². The Morgan fingerprint density at radius 1 is 1.33 bits per heavy atom. The highest BCUT2D eigenvalue weighted by Crippen LogP contribution is 2.33. The van der Waals surface area contributed by atoms with Crippen LogP contribution in [0.3, 0.4) is 0 Å². The van der Waals surface area contributed by atoms with Gasteiger partial charge in [0, 0.05) is 11.5 Å². The Kier molecular flexibility index (Phi) is 3.94. The molecule has 0 N–H and O–H groups in total. The molecule has 0 unspecified atom stereocenters. The quantitative estimate of drug-likeness (QED) is 0.831. The summed E-state index contributed by atoms with van der Waals surface area (Å²) in [6, 6.07) is 5.12. The van der Waals surface area contributed by atoms with Crippen LogP contribution in [-0.4, -0.2) is 9.78 Å². The number of ether oxygens (including phenoxy) is 1. The molecule has 0 bridgehead atoms. The summed E-state index contributed by atoms with van der Waals surface area (Å²) in [7, 11) is 1.50. The molecule has 94 valence electrons. The Balaban J connectivity index is 2.43. The first kappa shape index (κ1) is 13.4. The molecule has 7 heteroatoms. The predicted octanol–water partition coefficient (Wildman–Crippen LogP) is 3.64. The van der Waals surface area contributed by atoms with Gasteiger partial charge >= 0.3 is 0 Å².